The van der Waals surface area contributed by atoms with Crippen molar-refractivity contribution in [2.75, 3.05) is 18.5 Å². The molecule has 0 spiro atoms. The number of aliphatic hydroxyl groups excluding tert-OH is 3. The monoisotopic (exact) mass is 361 g/mol. The quantitative estimate of drug-likeness (QED) is 0.540. The summed E-state index contributed by atoms with van der Waals surface area (Å²) in [5.74, 6) is -0.599. The molecule has 0 radical (unpaired) electrons. The second kappa shape index (κ2) is 7.61. The van der Waals surface area contributed by atoms with Gasteiger partial charge in [-0.05, 0) is 43.3 Å². The van der Waals surface area contributed by atoms with Gasteiger partial charge in [-0.2, -0.15) is 0 Å². The van der Waals surface area contributed by atoms with Gasteiger partial charge >= 0.3 is 0 Å². The Balaban J connectivity index is 1.58. The third kappa shape index (κ3) is 4.14. The number of ether oxygens (including phenoxy) is 2. The van der Waals surface area contributed by atoms with Crippen LogP contribution < -0.4 is 10.1 Å². The minimum atomic E-state index is -1.99. The van der Waals surface area contributed by atoms with Crippen molar-refractivity contribution >= 4 is 5.69 Å². The van der Waals surface area contributed by atoms with Crippen molar-refractivity contribution in [2.24, 2.45) is 0 Å². The number of hydrogen-bond acceptors (Lipinski definition) is 7. The predicted molar refractivity (Wildman–Crippen MR) is 95.1 cm³/mol. The Kier molecular flexibility index (Phi) is 5.45. The molecule has 5 N–H and O–H groups in total. The van der Waals surface area contributed by atoms with E-state index in [1.165, 1.54) is 0 Å². The van der Waals surface area contributed by atoms with Gasteiger partial charge in [-0.1, -0.05) is 17.7 Å². The van der Waals surface area contributed by atoms with E-state index in [1.54, 1.807) is 24.3 Å². The molecule has 0 bridgehead atoms. The molecule has 0 aliphatic carbocycles. The van der Waals surface area contributed by atoms with Crippen LogP contribution in [0.4, 0.5) is 5.69 Å². The van der Waals surface area contributed by atoms with Crippen molar-refractivity contribution in [1.29, 1.82) is 0 Å². The predicted octanol–water partition coefficient (Wildman–Crippen LogP) is 1.00. The molecule has 2 aromatic carbocycles. The van der Waals surface area contributed by atoms with Crippen molar-refractivity contribution in [3.8, 4) is 11.5 Å². The molecule has 4 atom stereocenters. The van der Waals surface area contributed by atoms with E-state index in [4.69, 9.17) is 9.47 Å². The van der Waals surface area contributed by atoms with Crippen LogP contribution in [0.5, 0.6) is 11.5 Å². The first-order valence-electron chi connectivity index (χ1n) is 8.36. The SMILES string of the molecule is Cc1ccc(Oc2ccc(NC[C@@]3(O)OC[C@@H](O)[C@@H](O)[C@@H]3O)cc2)cc1. The second-order valence-corrected chi connectivity index (χ2v) is 6.45. The van der Waals surface area contributed by atoms with Crippen LogP contribution in [0.1, 0.15) is 5.56 Å². The number of anilines is 1. The molecule has 0 unspecified atom stereocenters. The fourth-order valence-corrected chi connectivity index (χ4v) is 2.66. The summed E-state index contributed by atoms with van der Waals surface area (Å²) in [4.78, 5) is 0. The van der Waals surface area contributed by atoms with Crippen LogP contribution in [0.2, 0.25) is 0 Å². The largest absolute Gasteiger partial charge is 0.457 e. The van der Waals surface area contributed by atoms with E-state index in [1.807, 2.05) is 31.2 Å². The van der Waals surface area contributed by atoms with Gasteiger partial charge in [0.25, 0.3) is 0 Å². The van der Waals surface area contributed by atoms with E-state index < -0.39 is 24.1 Å². The second-order valence-electron chi connectivity index (χ2n) is 6.45. The molecule has 1 aliphatic heterocycles. The van der Waals surface area contributed by atoms with Gasteiger partial charge in [0.2, 0.25) is 5.79 Å². The lowest BCUT2D eigenvalue weighted by Crippen LogP contribution is -2.63. The van der Waals surface area contributed by atoms with Crippen molar-refractivity contribution in [2.45, 2.75) is 31.0 Å². The summed E-state index contributed by atoms with van der Waals surface area (Å²) in [5.41, 5.74) is 1.82. The van der Waals surface area contributed by atoms with Crippen molar-refractivity contribution in [1.82, 2.24) is 0 Å². The highest BCUT2D eigenvalue weighted by atomic mass is 16.6. The molecule has 0 saturated carbocycles. The van der Waals surface area contributed by atoms with Gasteiger partial charge in [0.05, 0.1) is 13.2 Å². The number of aryl methyl sites for hydroxylation is 1. The van der Waals surface area contributed by atoms with Gasteiger partial charge in [-0.3, -0.25) is 0 Å². The van der Waals surface area contributed by atoms with Gasteiger partial charge in [-0.25, -0.2) is 0 Å². The summed E-state index contributed by atoms with van der Waals surface area (Å²) in [6.07, 6.45) is -4.33. The molecule has 0 amide bonds. The smallest absolute Gasteiger partial charge is 0.212 e. The van der Waals surface area contributed by atoms with Gasteiger partial charge in [0.15, 0.2) is 0 Å². The van der Waals surface area contributed by atoms with E-state index in [2.05, 4.69) is 5.32 Å². The third-order valence-corrected chi connectivity index (χ3v) is 4.34. The summed E-state index contributed by atoms with van der Waals surface area (Å²) < 4.78 is 10.8. The first-order chi connectivity index (χ1) is 12.4. The van der Waals surface area contributed by atoms with Crippen molar-refractivity contribution in [3.63, 3.8) is 0 Å². The van der Waals surface area contributed by atoms with E-state index in [0.29, 0.717) is 11.4 Å². The standard InChI is InChI=1S/C19H23NO6/c1-12-2-6-14(7-3-12)26-15-8-4-13(5-9-15)20-11-19(24)18(23)17(22)16(21)10-25-19/h2-9,16-18,20-24H,10-11H2,1H3/t16-,17-,18+,19-/m1/s1. The lowest BCUT2D eigenvalue weighted by molar-refractivity contribution is -0.313. The average Bonchev–Trinajstić information content (AvgIpc) is 2.65. The third-order valence-electron chi connectivity index (χ3n) is 4.34. The normalized spacial score (nSPS) is 28.6. The number of rotatable bonds is 5. The molecule has 3 rings (SSSR count). The topological polar surface area (TPSA) is 111 Å². The van der Waals surface area contributed by atoms with Crippen LogP contribution in [-0.2, 0) is 4.74 Å². The maximum Gasteiger partial charge on any atom is 0.212 e. The molecule has 7 heteroatoms. The first kappa shape index (κ1) is 18.6. The lowest BCUT2D eigenvalue weighted by Gasteiger charge is -2.41. The summed E-state index contributed by atoms with van der Waals surface area (Å²) in [5, 5.41) is 42.3. The summed E-state index contributed by atoms with van der Waals surface area (Å²) in [7, 11) is 0. The zero-order valence-corrected chi connectivity index (χ0v) is 14.4. The zero-order valence-electron chi connectivity index (χ0n) is 14.4. The molecule has 26 heavy (non-hydrogen) atoms. The number of benzene rings is 2. The van der Waals surface area contributed by atoms with Gasteiger partial charge in [-0.15, -0.1) is 0 Å². The number of hydrogen-bond donors (Lipinski definition) is 5. The van der Waals surface area contributed by atoms with E-state index >= 15 is 0 Å². The van der Waals surface area contributed by atoms with Gasteiger partial charge in [0.1, 0.15) is 29.8 Å². The maximum atomic E-state index is 10.3. The Labute approximate surface area is 151 Å². The molecule has 1 saturated heterocycles. The van der Waals surface area contributed by atoms with Crippen LogP contribution in [0.3, 0.4) is 0 Å². The molecule has 1 fully saturated rings. The molecular weight excluding hydrogens is 338 g/mol. The molecule has 1 aliphatic rings. The molecule has 140 valence electrons. The Morgan fingerprint density at radius 1 is 1.04 bits per heavy atom. The van der Waals surface area contributed by atoms with E-state index in [0.717, 1.165) is 11.3 Å². The van der Waals surface area contributed by atoms with Crippen molar-refractivity contribution in [3.05, 3.63) is 54.1 Å². The Bertz CT molecular complexity index is 720. The molecule has 0 aromatic heterocycles. The van der Waals surface area contributed by atoms with Crippen LogP contribution in [0, 0.1) is 6.92 Å². The molecule has 1 heterocycles. The Hall–Kier alpha value is -2.16. The van der Waals surface area contributed by atoms with Gasteiger partial charge < -0.3 is 35.2 Å². The van der Waals surface area contributed by atoms with Crippen LogP contribution in [0.25, 0.3) is 0 Å². The van der Waals surface area contributed by atoms with Gasteiger partial charge in [0, 0.05) is 5.69 Å². The van der Waals surface area contributed by atoms with Crippen LogP contribution in [0.15, 0.2) is 48.5 Å². The summed E-state index contributed by atoms with van der Waals surface area (Å²) in [6.45, 7) is 1.58. The number of aliphatic hydroxyl groups is 4. The number of nitrogens with one attached hydrogen (secondary N) is 1. The van der Waals surface area contributed by atoms with Crippen molar-refractivity contribution < 1.29 is 29.9 Å². The lowest BCUT2D eigenvalue weighted by atomic mass is 9.97. The van der Waals surface area contributed by atoms with Crippen LogP contribution >= 0.6 is 0 Å². The Morgan fingerprint density at radius 2 is 1.62 bits per heavy atom. The first-order valence-corrected chi connectivity index (χ1v) is 8.36. The molecule has 7 nitrogen and oxygen atoms in total. The maximum absolute atomic E-state index is 10.3. The van der Waals surface area contributed by atoms with E-state index in [9.17, 15) is 20.4 Å². The fraction of sp³-hybridized carbons (Fsp3) is 0.368. The highest BCUT2D eigenvalue weighted by Gasteiger charge is 2.48. The van der Waals surface area contributed by atoms with E-state index in [-0.39, 0.29) is 13.2 Å². The molecular formula is C19H23NO6. The molecule has 2 aromatic rings. The Morgan fingerprint density at radius 3 is 2.23 bits per heavy atom. The summed E-state index contributed by atoms with van der Waals surface area (Å²) >= 11 is 0. The zero-order chi connectivity index (χ0) is 18.7. The fourth-order valence-electron chi connectivity index (χ4n) is 2.66. The van der Waals surface area contributed by atoms with Crippen LogP contribution in [-0.4, -0.2) is 57.7 Å². The minimum Gasteiger partial charge on any atom is -0.457 e. The summed E-state index contributed by atoms with van der Waals surface area (Å²) in [6, 6.07) is 14.8. The highest BCUT2D eigenvalue weighted by Crippen LogP contribution is 2.26. The minimum absolute atomic E-state index is 0.157. The highest BCUT2D eigenvalue weighted by molar-refractivity contribution is 5.47. The average molecular weight is 361 g/mol.